The van der Waals surface area contributed by atoms with Gasteiger partial charge in [0, 0.05) is 11.3 Å². The summed E-state index contributed by atoms with van der Waals surface area (Å²) in [6.07, 6.45) is 0. The fourth-order valence-electron chi connectivity index (χ4n) is 1.80. The normalized spacial score (nSPS) is 10.4. The van der Waals surface area contributed by atoms with Gasteiger partial charge in [-0.25, -0.2) is 9.48 Å². The topological polar surface area (TPSA) is 94.0 Å². The number of allylic oxidation sites excluding steroid dienone is 1. The maximum atomic E-state index is 11.2. The van der Waals surface area contributed by atoms with E-state index in [0.717, 1.165) is 5.57 Å². The molecule has 1 heterocycles. The Hall–Kier alpha value is -2.63. The third-order valence-corrected chi connectivity index (χ3v) is 2.52. The van der Waals surface area contributed by atoms with Crippen molar-refractivity contribution in [2.24, 2.45) is 0 Å². The Labute approximate surface area is 110 Å². The molecule has 0 aliphatic rings. The van der Waals surface area contributed by atoms with E-state index in [1.54, 1.807) is 24.3 Å². The van der Waals surface area contributed by atoms with E-state index in [0.29, 0.717) is 23.5 Å². The van der Waals surface area contributed by atoms with Gasteiger partial charge < -0.3 is 10.8 Å². The first-order valence-electron chi connectivity index (χ1n) is 5.66. The quantitative estimate of drug-likeness (QED) is 0.644. The van der Waals surface area contributed by atoms with Crippen molar-refractivity contribution in [2.45, 2.75) is 13.5 Å². The van der Waals surface area contributed by atoms with E-state index in [2.05, 4.69) is 16.9 Å². The third kappa shape index (κ3) is 2.62. The van der Waals surface area contributed by atoms with Crippen LogP contribution in [0.5, 0.6) is 0 Å². The number of aromatic carboxylic acids is 1. The summed E-state index contributed by atoms with van der Waals surface area (Å²) < 4.78 is 1.51. The van der Waals surface area contributed by atoms with Crippen molar-refractivity contribution >= 4 is 11.7 Å². The second kappa shape index (κ2) is 4.93. The molecule has 0 atom stereocenters. The minimum atomic E-state index is -1.12. The van der Waals surface area contributed by atoms with E-state index in [1.165, 1.54) is 4.68 Å². The van der Waals surface area contributed by atoms with Crippen LogP contribution in [0.3, 0.4) is 0 Å². The van der Waals surface area contributed by atoms with Crippen LogP contribution >= 0.6 is 0 Å². The number of benzene rings is 1. The molecule has 0 spiro atoms. The molecule has 3 N–H and O–H groups in total. The lowest BCUT2D eigenvalue weighted by Crippen LogP contribution is -2.05. The number of carbonyl (C=O) groups is 1. The van der Waals surface area contributed by atoms with Crippen molar-refractivity contribution in [1.82, 2.24) is 15.0 Å². The van der Waals surface area contributed by atoms with Gasteiger partial charge in [-0.05, 0) is 19.1 Å². The van der Waals surface area contributed by atoms with Crippen LogP contribution in [-0.4, -0.2) is 26.1 Å². The summed E-state index contributed by atoms with van der Waals surface area (Å²) in [5, 5.41) is 16.7. The van der Waals surface area contributed by atoms with E-state index in [9.17, 15) is 9.90 Å². The second-order valence-electron chi connectivity index (χ2n) is 4.33. The number of nitrogen functional groups attached to an aromatic ring is 1. The lowest BCUT2D eigenvalue weighted by molar-refractivity contribution is 0.0691. The minimum Gasteiger partial charge on any atom is -0.476 e. The molecule has 0 aliphatic heterocycles. The lowest BCUT2D eigenvalue weighted by Gasteiger charge is -2.07. The van der Waals surface area contributed by atoms with Crippen LogP contribution in [0.15, 0.2) is 36.4 Å². The number of hydrogen-bond donors (Lipinski definition) is 2. The van der Waals surface area contributed by atoms with Crippen LogP contribution in [-0.2, 0) is 6.54 Å². The summed E-state index contributed by atoms with van der Waals surface area (Å²) in [7, 11) is 0. The lowest BCUT2D eigenvalue weighted by atomic mass is 10.1. The van der Waals surface area contributed by atoms with Crippen LogP contribution in [0.25, 0.3) is 11.3 Å². The highest BCUT2D eigenvalue weighted by molar-refractivity contribution is 5.92. The Bertz CT molecular complexity index is 646. The molecule has 0 bridgehead atoms. The Morgan fingerprint density at radius 3 is 2.84 bits per heavy atom. The zero-order valence-electron chi connectivity index (χ0n) is 10.5. The molecular formula is C13H14N4O2. The van der Waals surface area contributed by atoms with Crippen molar-refractivity contribution in [3.63, 3.8) is 0 Å². The average molecular weight is 258 g/mol. The Kier molecular flexibility index (Phi) is 3.33. The molecule has 6 nitrogen and oxygen atoms in total. The summed E-state index contributed by atoms with van der Waals surface area (Å²) in [6, 6.07) is 6.96. The van der Waals surface area contributed by atoms with Gasteiger partial charge in [-0.15, -0.1) is 5.10 Å². The van der Waals surface area contributed by atoms with Gasteiger partial charge in [-0.3, -0.25) is 0 Å². The number of aromatic nitrogens is 3. The Morgan fingerprint density at radius 1 is 1.53 bits per heavy atom. The number of nitrogens with zero attached hydrogens (tertiary/aromatic N) is 3. The van der Waals surface area contributed by atoms with Gasteiger partial charge in [0.15, 0.2) is 5.69 Å². The summed E-state index contributed by atoms with van der Waals surface area (Å²) in [5.41, 5.74) is 8.15. The number of anilines is 1. The van der Waals surface area contributed by atoms with Gasteiger partial charge in [-0.2, -0.15) is 0 Å². The van der Waals surface area contributed by atoms with Crippen molar-refractivity contribution in [3.8, 4) is 11.3 Å². The number of carboxylic acid groups (broad SMARTS) is 1. The average Bonchev–Trinajstić information content (AvgIpc) is 2.71. The fourth-order valence-corrected chi connectivity index (χ4v) is 1.80. The maximum absolute atomic E-state index is 11.2. The van der Waals surface area contributed by atoms with Crippen molar-refractivity contribution in [3.05, 3.63) is 42.1 Å². The second-order valence-corrected chi connectivity index (χ2v) is 4.33. The molecule has 2 aromatic rings. The third-order valence-electron chi connectivity index (χ3n) is 2.52. The molecule has 6 heteroatoms. The first-order chi connectivity index (χ1) is 8.99. The molecule has 0 saturated carbocycles. The summed E-state index contributed by atoms with van der Waals surface area (Å²) in [4.78, 5) is 11.2. The fraction of sp³-hybridized carbons (Fsp3) is 0.154. The number of hydrogen-bond acceptors (Lipinski definition) is 4. The first kappa shape index (κ1) is 12.8. The highest BCUT2D eigenvalue weighted by Crippen LogP contribution is 2.24. The summed E-state index contributed by atoms with van der Waals surface area (Å²) in [6.45, 7) is 6.04. The first-order valence-corrected chi connectivity index (χ1v) is 5.66. The maximum Gasteiger partial charge on any atom is 0.358 e. The molecule has 0 unspecified atom stereocenters. The Morgan fingerprint density at radius 2 is 2.26 bits per heavy atom. The van der Waals surface area contributed by atoms with Gasteiger partial charge in [0.1, 0.15) is 5.69 Å². The van der Waals surface area contributed by atoms with Crippen LogP contribution < -0.4 is 5.73 Å². The van der Waals surface area contributed by atoms with E-state index in [1.807, 2.05) is 6.92 Å². The van der Waals surface area contributed by atoms with Crippen LogP contribution in [0, 0.1) is 0 Å². The molecule has 0 saturated heterocycles. The molecule has 1 aromatic heterocycles. The smallest absolute Gasteiger partial charge is 0.358 e. The predicted octanol–water partition coefficient (Wildman–Crippen LogP) is 1.80. The van der Waals surface area contributed by atoms with Gasteiger partial charge >= 0.3 is 5.97 Å². The summed E-state index contributed by atoms with van der Waals surface area (Å²) in [5.74, 6) is -1.12. The largest absolute Gasteiger partial charge is 0.476 e. The zero-order valence-corrected chi connectivity index (χ0v) is 10.5. The van der Waals surface area contributed by atoms with E-state index in [-0.39, 0.29) is 5.69 Å². The van der Waals surface area contributed by atoms with Gasteiger partial charge in [0.2, 0.25) is 0 Å². The molecule has 98 valence electrons. The molecule has 0 fully saturated rings. The van der Waals surface area contributed by atoms with Gasteiger partial charge in [-0.1, -0.05) is 29.5 Å². The highest BCUT2D eigenvalue weighted by atomic mass is 16.4. The highest BCUT2D eigenvalue weighted by Gasteiger charge is 2.20. The van der Waals surface area contributed by atoms with E-state index in [4.69, 9.17) is 5.73 Å². The SMILES string of the molecule is C=C(C)Cn1nnc(C(=O)O)c1-c1cccc(N)c1. The number of carboxylic acids is 1. The zero-order chi connectivity index (χ0) is 14.0. The summed E-state index contributed by atoms with van der Waals surface area (Å²) >= 11 is 0. The molecule has 19 heavy (non-hydrogen) atoms. The van der Waals surface area contributed by atoms with Gasteiger partial charge in [0.25, 0.3) is 0 Å². The van der Waals surface area contributed by atoms with Crippen LogP contribution in [0.4, 0.5) is 5.69 Å². The van der Waals surface area contributed by atoms with Gasteiger partial charge in [0.05, 0.1) is 6.54 Å². The van der Waals surface area contributed by atoms with Crippen molar-refractivity contribution in [1.29, 1.82) is 0 Å². The van der Waals surface area contributed by atoms with Crippen molar-refractivity contribution in [2.75, 3.05) is 5.73 Å². The minimum absolute atomic E-state index is 0.0909. The Balaban J connectivity index is 2.61. The van der Waals surface area contributed by atoms with Crippen LogP contribution in [0.1, 0.15) is 17.4 Å². The standard InChI is InChI=1S/C13H14N4O2/c1-8(2)7-17-12(11(13(18)19)15-16-17)9-4-3-5-10(14)6-9/h3-6H,1,7,14H2,2H3,(H,18,19). The predicted molar refractivity (Wildman–Crippen MR) is 71.6 cm³/mol. The molecular weight excluding hydrogens is 244 g/mol. The van der Waals surface area contributed by atoms with E-state index >= 15 is 0 Å². The van der Waals surface area contributed by atoms with E-state index < -0.39 is 5.97 Å². The monoisotopic (exact) mass is 258 g/mol. The number of nitrogens with two attached hydrogens (primary N) is 1. The molecule has 0 amide bonds. The van der Waals surface area contributed by atoms with Crippen molar-refractivity contribution < 1.29 is 9.90 Å². The molecule has 0 aliphatic carbocycles. The van der Waals surface area contributed by atoms with Crippen LogP contribution in [0.2, 0.25) is 0 Å². The molecule has 0 radical (unpaired) electrons. The molecule has 1 aromatic carbocycles. The molecule has 2 rings (SSSR count). The number of rotatable bonds is 4.